The Labute approximate surface area is 115 Å². The Kier molecular flexibility index (Phi) is 3.36. The summed E-state index contributed by atoms with van der Waals surface area (Å²) < 4.78 is 5.69. The van der Waals surface area contributed by atoms with E-state index in [1.54, 1.807) is 6.07 Å². The number of benzene rings is 1. The van der Waals surface area contributed by atoms with E-state index in [-0.39, 0.29) is 28.5 Å². The van der Waals surface area contributed by atoms with Gasteiger partial charge in [0.15, 0.2) is 5.58 Å². The second-order valence-electron chi connectivity index (χ2n) is 5.63. The Hall–Kier alpha value is -2.55. The van der Waals surface area contributed by atoms with Crippen LogP contribution in [0.25, 0.3) is 11.1 Å². The fourth-order valence-electron chi connectivity index (χ4n) is 1.78. The third kappa shape index (κ3) is 2.72. The molecule has 0 fully saturated rings. The van der Waals surface area contributed by atoms with Crippen LogP contribution in [0.5, 0.6) is 0 Å². The summed E-state index contributed by atoms with van der Waals surface area (Å²) in [6.45, 7) is 5.64. The number of rotatable bonds is 2. The molecule has 0 amide bonds. The molecule has 0 aliphatic heterocycles. The van der Waals surface area contributed by atoms with Crippen molar-refractivity contribution in [3.8, 4) is 6.07 Å². The van der Waals surface area contributed by atoms with Crippen LogP contribution in [-0.4, -0.2) is 10.7 Å². The van der Waals surface area contributed by atoms with Gasteiger partial charge in [0.1, 0.15) is 11.6 Å². The van der Waals surface area contributed by atoms with Crippen LogP contribution in [0.4, 0.5) is 0 Å². The summed E-state index contributed by atoms with van der Waals surface area (Å²) in [6, 6.07) is 6.58. The van der Waals surface area contributed by atoms with Crippen LogP contribution in [0.1, 0.15) is 32.8 Å². The van der Waals surface area contributed by atoms with Gasteiger partial charge < -0.3 is 9.25 Å². The maximum atomic E-state index is 11.8. The minimum atomic E-state index is -0.829. The lowest BCUT2D eigenvalue weighted by Gasteiger charge is -2.16. The first kappa shape index (κ1) is 13.9. The summed E-state index contributed by atoms with van der Waals surface area (Å²) in [5.74, 6) is -1.39. The van der Waals surface area contributed by atoms with Crippen LogP contribution in [0, 0.1) is 16.7 Å². The van der Waals surface area contributed by atoms with Gasteiger partial charge in [0, 0.05) is 0 Å². The van der Waals surface area contributed by atoms with E-state index in [4.69, 9.17) is 14.5 Å². The van der Waals surface area contributed by atoms with Gasteiger partial charge in [-0.1, -0.05) is 31.6 Å². The quantitative estimate of drug-likeness (QED) is 0.834. The Morgan fingerprint density at radius 1 is 1.45 bits per heavy atom. The normalized spacial score (nSPS) is 11.3. The Morgan fingerprint density at radius 3 is 2.75 bits per heavy atom. The maximum Gasteiger partial charge on any atom is 0.453 e. The zero-order valence-electron chi connectivity index (χ0n) is 11.5. The number of fused-ring (bicyclic) bond motifs is 1. The highest BCUT2D eigenvalue weighted by atomic mass is 16.7. The molecule has 6 nitrogen and oxygen atoms in total. The van der Waals surface area contributed by atoms with Crippen LogP contribution in [0.15, 0.2) is 27.4 Å². The fraction of sp³-hybridized carbons (Fsp3) is 0.357. The van der Waals surface area contributed by atoms with E-state index in [2.05, 4.69) is 0 Å². The predicted octanol–water partition coefficient (Wildman–Crippen LogP) is 1.86. The number of hydrogen-bond acceptors (Lipinski definition) is 5. The molecule has 6 heteroatoms. The highest BCUT2D eigenvalue weighted by Crippen LogP contribution is 2.20. The first-order valence-corrected chi connectivity index (χ1v) is 6.08. The largest absolute Gasteiger partial charge is 0.453 e. The molecule has 0 saturated heterocycles. The van der Waals surface area contributed by atoms with Crippen LogP contribution in [0.2, 0.25) is 0 Å². The molecular formula is C14H14N2O4. The predicted molar refractivity (Wildman–Crippen MR) is 70.8 cm³/mol. The van der Waals surface area contributed by atoms with Gasteiger partial charge in [0.25, 0.3) is 0 Å². The summed E-state index contributed by atoms with van der Waals surface area (Å²) in [5, 5.41) is 9.04. The smallest absolute Gasteiger partial charge is 0.405 e. The van der Waals surface area contributed by atoms with Crippen molar-refractivity contribution in [3.63, 3.8) is 0 Å². The van der Waals surface area contributed by atoms with Gasteiger partial charge in [-0.2, -0.15) is 5.26 Å². The van der Waals surface area contributed by atoms with Crippen LogP contribution in [-0.2, 0) is 4.79 Å². The third-order valence-electron chi connectivity index (χ3n) is 2.55. The average molecular weight is 274 g/mol. The molecule has 0 bridgehead atoms. The lowest BCUT2D eigenvalue weighted by Crippen LogP contribution is -2.30. The molecule has 1 aromatic heterocycles. The Morgan fingerprint density at radius 2 is 2.15 bits per heavy atom. The minimum Gasteiger partial charge on any atom is -0.405 e. The van der Waals surface area contributed by atoms with E-state index >= 15 is 0 Å². The summed E-state index contributed by atoms with van der Waals surface area (Å²) >= 11 is 0. The van der Waals surface area contributed by atoms with Gasteiger partial charge >= 0.3 is 11.7 Å². The summed E-state index contributed by atoms with van der Waals surface area (Å²) in [7, 11) is 0. The molecule has 20 heavy (non-hydrogen) atoms. The zero-order chi connectivity index (χ0) is 14.9. The van der Waals surface area contributed by atoms with E-state index in [1.165, 1.54) is 12.1 Å². The minimum absolute atomic E-state index is 0.140. The maximum absolute atomic E-state index is 11.8. The van der Waals surface area contributed by atoms with Crippen LogP contribution < -0.4 is 10.6 Å². The molecular weight excluding hydrogens is 260 g/mol. The van der Waals surface area contributed by atoms with Crippen molar-refractivity contribution in [1.82, 2.24) is 4.73 Å². The first-order valence-electron chi connectivity index (χ1n) is 6.08. The SMILES string of the molecule is CC(C)(C)CC(=O)On1c(=O)oc2cccc(C#N)c21. The molecule has 0 spiro atoms. The van der Waals surface area contributed by atoms with E-state index in [9.17, 15) is 9.59 Å². The molecule has 0 aliphatic rings. The number of nitrogens with zero attached hydrogens (tertiary/aromatic N) is 2. The van der Waals surface area contributed by atoms with E-state index in [1.807, 2.05) is 26.8 Å². The number of hydrogen-bond donors (Lipinski definition) is 0. The molecule has 0 saturated carbocycles. The summed E-state index contributed by atoms with van der Waals surface area (Å²) in [4.78, 5) is 28.6. The third-order valence-corrected chi connectivity index (χ3v) is 2.55. The number of nitriles is 1. The summed E-state index contributed by atoms with van der Waals surface area (Å²) in [6.07, 6.45) is 0.140. The van der Waals surface area contributed by atoms with Gasteiger partial charge in [0.2, 0.25) is 0 Å². The molecule has 1 heterocycles. The zero-order valence-corrected chi connectivity index (χ0v) is 11.5. The number of carbonyl (C=O) groups is 1. The molecule has 2 aromatic rings. The van der Waals surface area contributed by atoms with Gasteiger partial charge in [-0.3, -0.25) is 0 Å². The second kappa shape index (κ2) is 4.85. The monoisotopic (exact) mass is 274 g/mol. The summed E-state index contributed by atoms with van der Waals surface area (Å²) in [5.41, 5.74) is 0.315. The number of carbonyl (C=O) groups excluding carboxylic acids is 1. The van der Waals surface area contributed by atoms with Crippen molar-refractivity contribution >= 4 is 17.1 Å². The molecule has 0 aliphatic carbocycles. The van der Waals surface area contributed by atoms with Crippen molar-refractivity contribution in [2.45, 2.75) is 27.2 Å². The number of para-hydroxylation sites is 1. The molecule has 1 aromatic carbocycles. The Bertz CT molecular complexity index is 756. The van der Waals surface area contributed by atoms with Crippen molar-refractivity contribution in [2.24, 2.45) is 5.41 Å². The van der Waals surface area contributed by atoms with Gasteiger partial charge in [-0.15, -0.1) is 0 Å². The molecule has 0 unspecified atom stereocenters. The van der Waals surface area contributed by atoms with Crippen molar-refractivity contribution in [3.05, 3.63) is 34.3 Å². The number of oxazole rings is 1. The highest BCUT2D eigenvalue weighted by molar-refractivity contribution is 5.80. The highest BCUT2D eigenvalue weighted by Gasteiger charge is 2.21. The molecule has 0 atom stereocenters. The van der Waals surface area contributed by atoms with Gasteiger partial charge in [-0.25, -0.2) is 9.59 Å². The number of aromatic nitrogens is 1. The standard InChI is InChI=1S/C14H14N2O4/c1-14(2,3)7-11(17)20-16-12-9(8-15)5-4-6-10(12)19-13(16)18/h4-6H,7H2,1-3H3. The van der Waals surface area contributed by atoms with Gasteiger partial charge in [0.05, 0.1) is 12.0 Å². The first-order chi connectivity index (χ1) is 9.31. The van der Waals surface area contributed by atoms with Gasteiger partial charge in [-0.05, 0) is 17.5 Å². The lowest BCUT2D eigenvalue weighted by molar-refractivity contribution is -0.146. The van der Waals surface area contributed by atoms with Crippen molar-refractivity contribution in [2.75, 3.05) is 0 Å². The molecule has 0 N–H and O–H groups in total. The molecule has 104 valence electrons. The fourth-order valence-corrected chi connectivity index (χ4v) is 1.78. The van der Waals surface area contributed by atoms with E-state index < -0.39 is 11.7 Å². The van der Waals surface area contributed by atoms with Crippen LogP contribution >= 0.6 is 0 Å². The van der Waals surface area contributed by atoms with E-state index in [0.717, 1.165) is 4.73 Å². The lowest BCUT2D eigenvalue weighted by atomic mass is 9.93. The molecule has 0 radical (unpaired) electrons. The van der Waals surface area contributed by atoms with Crippen molar-refractivity contribution in [1.29, 1.82) is 5.26 Å². The second-order valence-corrected chi connectivity index (χ2v) is 5.63. The van der Waals surface area contributed by atoms with Crippen molar-refractivity contribution < 1.29 is 14.0 Å². The topological polar surface area (TPSA) is 85.2 Å². The molecule has 2 rings (SSSR count). The van der Waals surface area contributed by atoms with Crippen LogP contribution in [0.3, 0.4) is 0 Å². The Balaban J connectivity index is 2.45. The average Bonchev–Trinajstić information content (AvgIpc) is 2.63. The van der Waals surface area contributed by atoms with E-state index in [0.29, 0.717) is 0 Å².